The average molecular weight is 318 g/mol. The van der Waals surface area contributed by atoms with Gasteiger partial charge in [-0.2, -0.15) is 0 Å². The highest BCUT2D eigenvalue weighted by Crippen LogP contribution is 2.37. The van der Waals surface area contributed by atoms with Gasteiger partial charge in [0.1, 0.15) is 11.3 Å². The van der Waals surface area contributed by atoms with Crippen LogP contribution < -0.4 is 0 Å². The van der Waals surface area contributed by atoms with Crippen LogP contribution in [0.15, 0.2) is 47.5 Å². The van der Waals surface area contributed by atoms with Crippen LogP contribution in [0.4, 0.5) is 0 Å². The first-order valence-corrected chi connectivity index (χ1v) is 8.64. The van der Waals surface area contributed by atoms with Crippen molar-refractivity contribution in [2.75, 3.05) is 0 Å². The van der Waals surface area contributed by atoms with Crippen molar-refractivity contribution in [2.45, 2.75) is 45.1 Å². The Labute approximate surface area is 142 Å². The molecule has 0 saturated heterocycles. The van der Waals surface area contributed by atoms with Gasteiger partial charge in [-0.1, -0.05) is 6.07 Å². The molecule has 2 aliphatic rings. The van der Waals surface area contributed by atoms with E-state index >= 15 is 0 Å². The van der Waals surface area contributed by atoms with E-state index in [4.69, 9.17) is 9.98 Å². The van der Waals surface area contributed by atoms with Crippen molar-refractivity contribution in [1.29, 1.82) is 0 Å². The molecule has 4 rings (SSSR count). The van der Waals surface area contributed by atoms with Gasteiger partial charge in [-0.05, 0) is 87.1 Å². The second kappa shape index (κ2) is 5.59. The molecule has 3 heteroatoms. The van der Waals surface area contributed by atoms with Crippen molar-refractivity contribution < 1.29 is 5.11 Å². The predicted octanol–water partition coefficient (Wildman–Crippen LogP) is 4.58. The molecule has 1 aliphatic heterocycles. The number of allylic oxidation sites excluding steroid dienone is 1. The van der Waals surface area contributed by atoms with E-state index in [1.54, 1.807) is 0 Å². The molecule has 1 unspecified atom stereocenters. The second-order valence-corrected chi connectivity index (χ2v) is 6.94. The van der Waals surface area contributed by atoms with Gasteiger partial charge in [0, 0.05) is 11.3 Å². The first-order chi connectivity index (χ1) is 11.6. The first-order valence-electron chi connectivity index (χ1n) is 8.64. The second-order valence-electron chi connectivity index (χ2n) is 6.94. The summed E-state index contributed by atoms with van der Waals surface area (Å²) in [5.41, 5.74) is 6.11. The first kappa shape index (κ1) is 15.1. The van der Waals surface area contributed by atoms with Gasteiger partial charge in [0.15, 0.2) is 0 Å². The molecular formula is C21H22N2O. The lowest BCUT2D eigenvalue weighted by atomic mass is 9.86. The number of phenolic OH excluding ortho intramolecular Hbond substituents is 1. The van der Waals surface area contributed by atoms with Gasteiger partial charge in [-0.3, -0.25) is 4.99 Å². The van der Waals surface area contributed by atoms with Crippen LogP contribution in [0, 0.1) is 0 Å². The van der Waals surface area contributed by atoms with Gasteiger partial charge < -0.3 is 5.11 Å². The van der Waals surface area contributed by atoms with Crippen molar-refractivity contribution in [3.63, 3.8) is 0 Å². The average Bonchev–Trinajstić information content (AvgIpc) is 2.96. The molecular weight excluding hydrogens is 296 g/mol. The third-order valence-electron chi connectivity index (χ3n) is 5.11. The fourth-order valence-electron chi connectivity index (χ4n) is 3.82. The highest BCUT2D eigenvalue weighted by molar-refractivity contribution is 5.95. The summed E-state index contributed by atoms with van der Waals surface area (Å²) in [6, 6.07) is 9.98. The highest BCUT2D eigenvalue weighted by Gasteiger charge is 2.28. The number of nitrogens with zero attached hydrogens (tertiary/aromatic N) is 2. The highest BCUT2D eigenvalue weighted by atomic mass is 16.3. The maximum atomic E-state index is 10.2. The quantitative estimate of drug-likeness (QED) is 0.881. The molecule has 0 fully saturated rings. The number of rotatable bonds is 2. The lowest BCUT2D eigenvalue weighted by Crippen LogP contribution is -2.16. The smallest absolute Gasteiger partial charge is 0.119 e. The monoisotopic (exact) mass is 318 g/mol. The Morgan fingerprint density at radius 1 is 1.04 bits per heavy atom. The Bertz CT molecular complexity index is 866. The summed E-state index contributed by atoms with van der Waals surface area (Å²) in [7, 11) is 0. The minimum absolute atomic E-state index is 0.378. The normalized spacial score (nSPS) is 22.3. The van der Waals surface area contributed by atoms with Crippen LogP contribution in [-0.2, 0) is 18.4 Å². The van der Waals surface area contributed by atoms with Crippen molar-refractivity contribution in [2.24, 2.45) is 4.99 Å². The zero-order chi connectivity index (χ0) is 16.7. The Morgan fingerprint density at radius 3 is 2.58 bits per heavy atom. The fraction of sp³-hybridized carbons (Fsp3) is 0.333. The van der Waals surface area contributed by atoms with E-state index in [1.165, 1.54) is 12.0 Å². The molecule has 0 saturated carbocycles. The molecule has 1 aromatic carbocycles. The van der Waals surface area contributed by atoms with Gasteiger partial charge in [0.25, 0.3) is 0 Å². The standard InChI is InChI=1S/C21H22N2O/c1-14-12-13-21(2,23-14)20-9-5-8-18(22-20)16-10-11-19(24)17-7-4-3-6-15(16)17/h5,8-13,24H,3-4,6-7H2,1-2H3. The van der Waals surface area contributed by atoms with Crippen LogP contribution in [0.3, 0.4) is 0 Å². The summed E-state index contributed by atoms with van der Waals surface area (Å²) >= 11 is 0. The number of pyridine rings is 1. The summed E-state index contributed by atoms with van der Waals surface area (Å²) in [6.07, 6.45) is 8.46. The molecule has 0 amide bonds. The lowest BCUT2D eigenvalue weighted by molar-refractivity contribution is 0.462. The summed E-state index contributed by atoms with van der Waals surface area (Å²) in [6.45, 7) is 4.11. The number of benzene rings is 1. The van der Waals surface area contributed by atoms with E-state index in [1.807, 2.05) is 25.1 Å². The molecule has 24 heavy (non-hydrogen) atoms. The third kappa shape index (κ3) is 2.44. The van der Waals surface area contributed by atoms with Gasteiger partial charge in [0.05, 0.1) is 11.4 Å². The molecule has 3 nitrogen and oxygen atoms in total. The Hall–Kier alpha value is -2.42. The lowest BCUT2D eigenvalue weighted by Gasteiger charge is -2.22. The van der Waals surface area contributed by atoms with E-state index in [9.17, 15) is 5.11 Å². The summed E-state index contributed by atoms with van der Waals surface area (Å²) in [5.74, 6) is 0.426. The van der Waals surface area contributed by atoms with Crippen LogP contribution in [0.5, 0.6) is 5.75 Å². The van der Waals surface area contributed by atoms with E-state index in [2.05, 4.69) is 31.2 Å². The molecule has 1 aliphatic carbocycles. The maximum Gasteiger partial charge on any atom is 0.119 e. The van der Waals surface area contributed by atoms with E-state index in [0.717, 1.165) is 47.5 Å². The summed E-state index contributed by atoms with van der Waals surface area (Å²) in [5, 5.41) is 10.2. The van der Waals surface area contributed by atoms with Gasteiger partial charge >= 0.3 is 0 Å². The van der Waals surface area contributed by atoms with Crippen molar-refractivity contribution in [1.82, 2.24) is 4.98 Å². The molecule has 1 N–H and O–H groups in total. The van der Waals surface area contributed by atoms with Crippen LogP contribution in [0.1, 0.15) is 43.5 Å². The molecule has 2 heterocycles. The van der Waals surface area contributed by atoms with Crippen LogP contribution in [0.25, 0.3) is 11.3 Å². The SMILES string of the molecule is CC1=NC(C)(c2cccc(-c3ccc(O)c4c3CCCC4)n2)C=C1. The van der Waals surface area contributed by atoms with Gasteiger partial charge in [-0.25, -0.2) is 4.98 Å². The third-order valence-corrected chi connectivity index (χ3v) is 5.11. The number of hydrogen-bond acceptors (Lipinski definition) is 3. The number of aromatic nitrogens is 1. The van der Waals surface area contributed by atoms with Crippen LogP contribution in [0.2, 0.25) is 0 Å². The minimum Gasteiger partial charge on any atom is -0.508 e. The minimum atomic E-state index is -0.378. The van der Waals surface area contributed by atoms with E-state index < -0.39 is 0 Å². The van der Waals surface area contributed by atoms with Crippen molar-refractivity contribution in [3.8, 4) is 17.0 Å². The molecule has 2 aromatic rings. The van der Waals surface area contributed by atoms with Crippen molar-refractivity contribution in [3.05, 3.63) is 59.3 Å². The number of phenols is 1. The fourth-order valence-corrected chi connectivity index (χ4v) is 3.82. The number of hydrogen-bond donors (Lipinski definition) is 1. The van der Waals surface area contributed by atoms with E-state index in [-0.39, 0.29) is 5.54 Å². The van der Waals surface area contributed by atoms with Crippen molar-refractivity contribution >= 4 is 5.71 Å². The maximum absolute atomic E-state index is 10.2. The Balaban J connectivity index is 1.82. The zero-order valence-corrected chi connectivity index (χ0v) is 14.2. The topological polar surface area (TPSA) is 45.5 Å². The molecule has 1 atom stereocenters. The largest absolute Gasteiger partial charge is 0.508 e. The Morgan fingerprint density at radius 2 is 1.83 bits per heavy atom. The molecule has 0 radical (unpaired) electrons. The van der Waals surface area contributed by atoms with Crippen LogP contribution in [-0.4, -0.2) is 15.8 Å². The van der Waals surface area contributed by atoms with Gasteiger partial charge in [-0.15, -0.1) is 0 Å². The predicted molar refractivity (Wildman–Crippen MR) is 97.6 cm³/mol. The summed E-state index contributed by atoms with van der Waals surface area (Å²) in [4.78, 5) is 9.66. The zero-order valence-electron chi connectivity index (χ0n) is 14.2. The number of aliphatic imine (C=N–C) groups is 1. The number of fused-ring (bicyclic) bond motifs is 1. The Kier molecular flexibility index (Phi) is 3.52. The summed E-state index contributed by atoms with van der Waals surface area (Å²) < 4.78 is 0. The van der Waals surface area contributed by atoms with E-state index in [0.29, 0.717) is 5.75 Å². The van der Waals surface area contributed by atoms with Crippen LogP contribution >= 0.6 is 0 Å². The number of aromatic hydroxyl groups is 1. The molecule has 0 spiro atoms. The van der Waals surface area contributed by atoms with Gasteiger partial charge in [0.2, 0.25) is 0 Å². The molecule has 122 valence electrons. The molecule has 0 bridgehead atoms. The molecule has 1 aromatic heterocycles.